The van der Waals surface area contributed by atoms with Crippen LogP contribution < -0.4 is 10.6 Å². The molecular formula is C23H37FN4O2. The number of halogens is 1. The minimum Gasteiger partial charge on any atom is -0.379 e. The predicted octanol–water partition coefficient (Wildman–Crippen LogP) is 3.10. The molecule has 6 nitrogen and oxygen atoms in total. The van der Waals surface area contributed by atoms with Crippen molar-refractivity contribution in [3.63, 3.8) is 0 Å². The largest absolute Gasteiger partial charge is 0.379 e. The van der Waals surface area contributed by atoms with Crippen LogP contribution in [0.5, 0.6) is 0 Å². The van der Waals surface area contributed by atoms with E-state index in [4.69, 9.17) is 14.5 Å². The smallest absolute Gasteiger partial charge is 0.191 e. The number of hydrogen-bond acceptors (Lipinski definition) is 4. The van der Waals surface area contributed by atoms with Crippen LogP contribution in [0.3, 0.4) is 0 Å². The van der Waals surface area contributed by atoms with Crippen LogP contribution in [0.25, 0.3) is 0 Å². The van der Waals surface area contributed by atoms with Gasteiger partial charge in [-0.05, 0) is 43.9 Å². The third kappa shape index (κ3) is 7.52. The van der Waals surface area contributed by atoms with Crippen molar-refractivity contribution in [2.45, 2.75) is 51.2 Å². The van der Waals surface area contributed by atoms with Crippen molar-refractivity contribution in [3.8, 4) is 0 Å². The summed E-state index contributed by atoms with van der Waals surface area (Å²) in [6, 6.07) is 6.90. The summed E-state index contributed by atoms with van der Waals surface area (Å²) in [7, 11) is 0. The maximum absolute atomic E-state index is 13.4. The van der Waals surface area contributed by atoms with E-state index in [1.54, 1.807) is 0 Å². The fourth-order valence-corrected chi connectivity index (χ4v) is 4.11. The molecule has 1 aromatic rings. The molecule has 0 bridgehead atoms. The lowest BCUT2D eigenvalue weighted by Crippen LogP contribution is -2.42. The Kier molecular flexibility index (Phi) is 9.86. The topological polar surface area (TPSA) is 58.1 Å². The van der Waals surface area contributed by atoms with Gasteiger partial charge in [0.05, 0.1) is 31.9 Å². The van der Waals surface area contributed by atoms with Crippen LogP contribution in [0.4, 0.5) is 4.39 Å². The molecular weight excluding hydrogens is 383 g/mol. The Labute approximate surface area is 180 Å². The van der Waals surface area contributed by atoms with Gasteiger partial charge in [0, 0.05) is 32.8 Å². The van der Waals surface area contributed by atoms with Crippen LogP contribution in [0.2, 0.25) is 0 Å². The molecule has 1 heterocycles. The highest BCUT2D eigenvalue weighted by Crippen LogP contribution is 2.23. The summed E-state index contributed by atoms with van der Waals surface area (Å²) in [6.45, 7) is 8.28. The Morgan fingerprint density at radius 1 is 1.20 bits per heavy atom. The highest BCUT2D eigenvalue weighted by molar-refractivity contribution is 5.79. The third-order valence-electron chi connectivity index (χ3n) is 5.78. The predicted molar refractivity (Wildman–Crippen MR) is 118 cm³/mol. The number of nitrogens with zero attached hydrogens (tertiary/aromatic N) is 2. The van der Waals surface area contributed by atoms with Gasteiger partial charge in [-0.3, -0.25) is 9.89 Å². The number of morpholine rings is 1. The standard InChI is InChI=1S/C23H37FN4O2/c1-2-25-23(26-12-5-15-30-21-6-3-4-7-21)27-18-22(28-13-16-29-17-14-28)19-8-10-20(24)11-9-19/h8-11,21-22H,2-7,12-18H2,1H3,(H2,25,26,27). The van der Waals surface area contributed by atoms with Crippen LogP contribution in [0.1, 0.15) is 50.6 Å². The van der Waals surface area contributed by atoms with Crippen molar-refractivity contribution >= 4 is 5.96 Å². The van der Waals surface area contributed by atoms with E-state index >= 15 is 0 Å². The molecule has 1 unspecified atom stereocenters. The Bertz CT molecular complexity index is 629. The van der Waals surface area contributed by atoms with Crippen molar-refractivity contribution in [3.05, 3.63) is 35.6 Å². The average Bonchev–Trinajstić information content (AvgIpc) is 3.29. The zero-order valence-electron chi connectivity index (χ0n) is 18.2. The Hall–Kier alpha value is -1.70. The monoisotopic (exact) mass is 420 g/mol. The number of hydrogen-bond donors (Lipinski definition) is 2. The summed E-state index contributed by atoms with van der Waals surface area (Å²) in [5.41, 5.74) is 1.09. The van der Waals surface area contributed by atoms with E-state index < -0.39 is 0 Å². The first-order valence-corrected chi connectivity index (χ1v) is 11.5. The quantitative estimate of drug-likeness (QED) is 0.346. The Morgan fingerprint density at radius 3 is 2.63 bits per heavy atom. The van der Waals surface area contributed by atoms with Crippen LogP contribution in [0, 0.1) is 5.82 Å². The van der Waals surface area contributed by atoms with Crippen LogP contribution >= 0.6 is 0 Å². The van der Waals surface area contributed by atoms with E-state index in [0.29, 0.717) is 12.6 Å². The van der Waals surface area contributed by atoms with Crippen molar-refractivity contribution in [2.24, 2.45) is 4.99 Å². The molecule has 0 aromatic heterocycles. The van der Waals surface area contributed by atoms with E-state index in [-0.39, 0.29) is 11.9 Å². The SMILES string of the molecule is CCNC(=NCC(c1ccc(F)cc1)N1CCOCC1)NCCCOC1CCCC1. The molecule has 2 fully saturated rings. The molecule has 7 heteroatoms. The van der Waals surface area contributed by atoms with Gasteiger partial charge in [-0.15, -0.1) is 0 Å². The Balaban J connectivity index is 1.53. The van der Waals surface area contributed by atoms with E-state index in [0.717, 1.165) is 63.9 Å². The molecule has 1 aliphatic carbocycles. The van der Waals surface area contributed by atoms with Gasteiger partial charge in [-0.25, -0.2) is 4.39 Å². The van der Waals surface area contributed by atoms with Gasteiger partial charge >= 0.3 is 0 Å². The fraction of sp³-hybridized carbons (Fsp3) is 0.696. The van der Waals surface area contributed by atoms with Crippen molar-refractivity contribution in [1.82, 2.24) is 15.5 Å². The van der Waals surface area contributed by atoms with Gasteiger partial charge in [-0.1, -0.05) is 25.0 Å². The molecule has 1 saturated carbocycles. The molecule has 1 aromatic carbocycles. The average molecular weight is 421 g/mol. The lowest BCUT2D eigenvalue weighted by molar-refractivity contribution is 0.0179. The molecule has 2 aliphatic rings. The lowest BCUT2D eigenvalue weighted by atomic mass is 10.0. The number of benzene rings is 1. The van der Waals surface area contributed by atoms with Crippen molar-refractivity contribution in [1.29, 1.82) is 0 Å². The van der Waals surface area contributed by atoms with Gasteiger partial charge in [0.1, 0.15) is 5.82 Å². The second kappa shape index (κ2) is 12.9. The fourth-order valence-electron chi connectivity index (χ4n) is 4.11. The molecule has 1 aliphatic heterocycles. The number of aliphatic imine (C=N–C) groups is 1. The first kappa shape index (κ1) is 23.0. The molecule has 3 rings (SSSR count). The number of rotatable bonds is 10. The molecule has 0 amide bonds. The summed E-state index contributed by atoms with van der Waals surface area (Å²) >= 11 is 0. The molecule has 1 saturated heterocycles. The summed E-state index contributed by atoms with van der Waals surface area (Å²) in [5.74, 6) is 0.608. The van der Waals surface area contributed by atoms with Crippen molar-refractivity contribution in [2.75, 3.05) is 52.5 Å². The lowest BCUT2D eigenvalue weighted by Gasteiger charge is -2.34. The van der Waals surface area contributed by atoms with Crippen LogP contribution in [0.15, 0.2) is 29.3 Å². The molecule has 30 heavy (non-hydrogen) atoms. The van der Waals surface area contributed by atoms with Crippen LogP contribution in [-0.2, 0) is 9.47 Å². The number of nitrogens with one attached hydrogen (secondary N) is 2. The normalized spacial score (nSPS) is 19.7. The second-order valence-electron chi connectivity index (χ2n) is 7.99. The zero-order valence-corrected chi connectivity index (χ0v) is 18.2. The van der Waals surface area contributed by atoms with Gasteiger partial charge < -0.3 is 20.1 Å². The van der Waals surface area contributed by atoms with Gasteiger partial charge in [0.25, 0.3) is 0 Å². The second-order valence-corrected chi connectivity index (χ2v) is 7.99. The summed E-state index contributed by atoms with van der Waals surface area (Å²) < 4.78 is 24.9. The molecule has 0 radical (unpaired) electrons. The maximum atomic E-state index is 13.4. The Morgan fingerprint density at radius 2 is 1.93 bits per heavy atom. The van der Waals surface area contributed by atoms with Gasteiger partial charge in [0.2, 0.25) is 0 Å². The van der Waals surface area contributed by atoms with E-state index in [9.17, 15) is 4.39 Å². The van der Waals surface area contributed by atoms with Crippen molar-refractivity contribution < 1.29 is 13.9 Å². The highest BCUT2D eigenvalue weighted by atomic mass is 19.1. The summed E-state index contributed by atoms with van der Waals surface area (Å²) in [6.07, 6.45) is 6.47. The molecule has 1 atom stereocenters. The zero-order chi connectivity index (χ0) is 21.0. The maximum Gasteiger partial charge on any atom is 0.191 e. The molecule has 0 spiro atoms. The number of ether oxygens (including phenoxy) is 2. The minimum atomic E-state index is -0.210. The molecule has 2 N–H and O–H groups in total. The van der Waals surface area contributed by atoms with Gasteiger partial charge in [0.15, 0.2) is 5.96 Å². The molecule has 168 valence electrons. The van der Waals surface area contributed by atoms with Gasteiger partial charge in [-0.2, -0.15) is 0 Å². The minimum absolute atomic E-state index is 0.107. The first-order chi connectivity index (χ1) is 14.8. The van der Waals surface area contributed by atoms with E-state index in [1.165, 1.54) is 37.8 Å². The number of guanidine groups is 1. The highest BCUT2D eigenvalue weighted by Gasteiger charge is 2.22. The summed E-state index contributed by atoms with van der Waals surface area (Å²) in [4.78, 5) is 7.21. The summed E-state index contributed by atoms with van der Waals surface area (Å²) in [5, 5.41) is 6.75. The van der Waals surface area contributed by atoms with E-state index in [1.807, 2.05) is 12.1 Å². The van der Waals surface area contributed by atoms with Crippen LogP contribution in [-0.4, -0.2) is 69.5 Å². The third-order valence-corrected chi connectivity index (χ3v) is 5.78. The first-order valence-electron chi connectivity index (χ1n) is 11.5. The van der Waals surface area contributed by atoms with E-state index in [2.05, 4.69) is 22.5 Å².